The molecular weight excluding hydrogens is 334 g/mol. The molecule has 0 heterocycles. The third kappa shape index (κ3) is 4.01. The van der Waals surface area contributed by atoms with Crippen molar-refractivity contribution in [3.05, 3.63) is 35.9 Å². The van der Waals surface area contributed by atoms with Gasteiger partial charge >= 0.3 is 12.1 Å². The van der Waals surface area contributed by atoms with Crippen LogP contribution in [0.4, 0.5) is 4.79 Å². The van der Waals surface area contributed by atoms with Crippen molar-refractivity contribution in [2.75, 3.05) is 6.61 Å². The van der Waals surface area contributed by atoms with Gasteiger partial charge in [-0.05, 0) is 53.5 Å². The summed E-state index contributed by atoms with van der Waals surface area (Å²) in [6.45, 7) is 10.2. The van der Waals surface area contributed by atoms with Gasteiger partial charge in [0.05, 0.1) is 12.0 Å². The van der Waals surface area contributed by atoms with Gasteiger partial charge in [-0.2, -0.15) is 0 Å². The standard InChI is InChI=1S/C20H29NO5/c1-17(2,3)25-15(23)20(21-16(24)26-18(4,5)6)12-19(20,13-22)14-10-8-7-9-11-14/h7-11,22H,12-13H2,1-6H3,(H,21,24)/t19-,20?/m1/s1. The van der Waals surface area contributed by atoms with E-state index in [2.05, 4.69) is 5.32 Å². The van der Waals surface area contributed by atoms with Crippen LogP contribution in [-0.4, -0.2) is 40.5 Å². The van der Waals surface area contributed by atoms with E-state index in [9.17, 15) is 14.7 Å². The van der Waals surface area contributed by atoms with Crippen molar-refractivity contribution in [3.8, 4) is 0 Å². The quantitative estimate of drug-likeness (QED) is 0.804. The molecule has 0 saturated heterocycles. The van der Waals surface area contributed by atoms with Crippen LogP contribution >= 0.6 is 0 Å². The molecule has 2 atom stereocenters. The van der Waals surface area contributed by atoms with Gasteiger partial charge in [0.1, 0.15) is 11.2 Å². The fourth-order valence-corrected chi connectivity index (χ4v) is 3.12. The Bertz CT molecular complexity index is 674. The molecule has 1 saturated carbocycles. The number of benzene rings is 1. The number of nitrogens with one attached hydrogen (secondary N) is 1. The Hall–Kier alpha value is -2.08. The molecule has 2 N–H and O–H groups in total. The zero-order chi connectivity index (χ0) is 19.8. The number of aliphatic hydroxyl groups is 1. The Morgan fingerprint density at radius 1 is 1.04 bits per heavy atom. The molecule has 1 aliphatic rings. The normalized spacial score (nSPS) is 25.3. The van der Waals surface area contributed by atoms with Gasteiger partial charge in [0.2, 0.25) is 0 Å². The van der Waals surface area contributed by atoms with Crippen molar-refractivity contribution in [3.63, 3.8) is 0 Å². The molecule has 1 fully saturated rings. The highest BCUT2D eigenvalue weighted by atomic mass is 16.6. The zero-order valence-corrected chi connectivity index (χ0v) is 16.4. The number of aliphatic hydroxyl groups excluding tert-OH is 1. The van der Waals surface area contributed by atoms with Crippen molar-refractivity contribution in [1.82, 2.24) is 5.32 Å². The number of hydrogen-bond donors (Lipinski definition) is 2. The fourth-order valence-electron chi connectivity index (χ4n) is 3.12. The summed E-state index contributed by atoms with van der Waals surface area (Å²) in [7, 11) is 0. The summed E-state index contributed by atoms with van der Waals surface area (Å²) in [5.74, 6) is -0.575. The van der Waals surface area contributed by atoms with E-state index in [1.807, 2.05) is 30.3 Å². The predicted octanol–water partition coefficient (Wildman–Crippen LogP) is 2.93. The van der Waals surface area contributed by atoms with Gasteiger partial charge in [0, 0.05) is 0 Å². The minimum atomic E-state index is -1.36. The van der Waals surface area contributed by atoms with Gasteiger partial charge in [-0.1, -0.05) is 30.3 Å². The molecule has 1 aliphatic carbocycles. The monoisotopic (exact) mass is 363 g/mol. The minimum Gasteiger partial charge on any atom is -0.458 e. The lowest BCUT2D eigenvalue weighted by Crippen LogP contribution is -2.53. The molecule has 1 amide bonds. The van der Waals surface area contributed by atoms with Gasteiger partial charge in [-0.25, -0.2) is 9.59 Å². The van der Waals surface area contributed by atoms with Crippen molar-refractivity contribution >= 4 is 12.1 Å². The third-order valence-corrected chi connectivity index (χ3v) is 4.32. The number of carbonyl (C=O) groups is 2. The molecule has 0 radical (unpaired) electrons. The Morgan fingerprint density at radius 2 is 1.58 bits per heavy atom. The Balaban J connectivity index is 2.38. The van der Waals surface area contributed by atoms with Gasteiger partial charge in [0.25, 0.3) is 0 Å². The van der Waals surface area contributed by atoms with E-state index < -0.39 is 34.2 Å². The fraction of sp³-hybridized carbons (Fsp3) is 0.600. The Morgan fingerprint density at radius 3 is 2.04 bits per heavy atom. The molecule has 0 spiro atoms. The summed E-state index contributed by atoms with van der Waals surface area (Å²) in [6.07, 6.45) is -0.469. The second-order valence-electron chi connectivity index (χ2n) is 8.82. The number of alkyl carbamates (subject to hydrolysis) is 1. The third-order valence-electron chi connectivity index (χ3n) is 4.32. The summed E-state index contributed by atoms with van der Waals surface area (Å²) in [5, 5.41) is 12.8. The van der Waals surface area contributed by atoms with Crippen molar-refractivity contribution in [1.29, 1.82) is 0 Å². The van der Waals surface area contributed by atoms with Crippen LogP contribution in [0.3, 0.4) is 0 Å². The molecule has 1 aromatic rings. The lowest BCUT2D eigenvalue weighted by Gasteiger charge is -2.29. The molecule has 1 aromatic carbocycles. The smallest absolute Gasteiger partial charge is 0.408 e. The van der Waals surface area contributed by atoms with Gasteiger partial charge < -0.3 is 19.9 Å². The molecule has 0 aromatic heterocycles. The maximum atomic E-state index is 13.0. The molecule has 6 heteroatoms. The Kier molecular flexibility index (Phi) is 5.12. The second-order valence-corrected chi connectivity index (χ2v) is 8.82. The Labute approximate surface area is 154 Å². The van der Waals surface area contributed by atoms with Crippen LogP contribution in [-0.2, 0) is 19.7 Å². The number of esters is 1. The van der Waals surface area contributed by atoms with E-state index in [1.54, 1.807) is 41.5 Å². The number of hydrogen-bond acceptors (Lipinski definition) is 5. The molecule has 1 unspecified atom stereocenters. The van der Waals surface area contributed by atoms with E-state index >= 15 is 0 Å². The average Bonchev–Trinajstić information content (AvgIpc) is 3.15. The highest BCUT2D eigenvalue weighted by Gasteiger charge is 2.75. The highest BCUT2D eigenvalue weighted by Crippen LogP contribution is 2.58. The summed E-state index contributed by atoms with van der Waals surface area (Å²) < 4.78 is 10.9. The van der Waals surface area contributed by atoms with E-state index in [0.717, 1.165) is 5.56 Å². The van der Waals surface area contributed by atoms with Crippen LogP contribution in [0.25, 0.3) is 0 Å². The first-order valence-corrected chi connectivity index (χ1v) is 8.76. The van der Waals surface area contributed by atoms with E-state index in [1.165, 1.54) is 0 Å². The predicted molar refractivity (Wildman–Crippen MR) is 97.8 cm³/mol. The first-order chi connectivity index (χ1) is 11.9. The molecule has 144 valence electrons. The van der Waals surface area contributed by atoms with E-state index in [0.29, 0.717) is 0 Å². The largest absolute Gasteiger partial charge is 0.458 e. The molecule has 2 rings (SSSR count). The number of rotatable bonds is 4. The molecule has 6 nitrogen and oxygen atoms in total. The summed E-state index contributed by atoms with van der Waals surface area (Å²) in [5.41, 5.74) is -2.96. The van der Waals surface area contributed by atoms with Crippen LogP contribution in [0, 0.1) is 0 Å². The maximum absolute atomic E-state index is 13.0. The molecule has 0 aliphatic heterocycles. The summed E-state index contributed by atoms with van der Waals surface area (Å²) in [4.78, 5) is 25.4. The van der Waals surface area contributed by atoms with Crippen LogP contribution in [0.5, 0.6) is 0 Å². The summed E-state index contributed by atoms with van der Waals surface area (Å²) in [6, 6.07) is 9.18. The molecule has 0 bridgehead atoms. The van der Waals surface area contributed by atoms with Gasteiger partial charge in [-0.15, -0.1) is 0 Å². The van der Waals surface area contributed by atoms with Gasteiger partial charge in [0.15, 0.2) is 5.54 Å². The van der Waals surface area contributed by atoms with Crippen molar-refractivity contribution < 1.29 is 24.2 Å². The zero-order valence-electron chi connectivity index (χ0n) is 16.4. The van der Waals surface area contributed by atoms with Crippen LogP contribution in [0.1, 0.15) is 53.5 Å². The summed E-state index contributed by atoms with van der Waals surface area (Å²) >= 11 is 0. The van der Waals surface area contributed by atoms with Crippen LogP contribution < -0.4 is 5.32 Å². The van der Waals surface area contributed by atoms with Crippen LogP contribution in [0.15, 0.2) is 30.3 Å². The first-order valence-electron chi connectivity index (χ1n) is 8.76. The van der Waals surface area contributed by atoms with Crippen molar-refractivity contribution in [2.45, 2.75) is 70.1 Å². The van der Waals surface area contributed by atoms with Gasteiger partial charge in [-0.3, -0.25) is 0 Å². The number of ether oxygens (including phenoxy) is 2. The minimum absolute atomic E-state index is 0.245. The molecule has 26 heavy (non-hydrogen) atoms. The van der Waals surface area contributed by atoms with Crippen LogP contribution in [0.2, 0.25) is 0 Å². The number of amides is 1. The average molecular weight is 363 g/mol. The van der Waals surface area contributed by atoms with Crippen molar-refractivity contribution in [2.24, 2.45) is 0 Å². The molecular formula is C20H29NO5. The topological polar surface area (TPSA) is 84.9 Å². The second kappa shape index (κ2) is 6.58. The maximum Gasteiger partial charge on any atom is 0.408 e. The lowest BCUT2D eigenvalue weighted by atomic mass is 9.91. The van der Waals surface area contributed by atoms with E-state index in [-0.39, 0.29) is 13.0 Å². The van der Waals surface area contributed by atoms with E-state index in [4.69, 9.17) is 9.47 Å². The SMILES string of the molecule is CC(C)(C)OC(=O)NC1(C(=O)OC(C)(C)C)C[C@@]1(CO)c1ccccc1. The first kappa shape index (κ1) is 20.2. The number of carbonyl (C=O) groups excluding carboxylic acids is 2. The lowest BCUT2D eigenvalue weighted by molar-refractivity contribution is -0.159. The highest BCUT2D eigenvalue weighted by molar-refractivity contribution is 5.93.